The zero-order valence-corrected chi connectivity index (χ0v) is 27.1. The molecule has 0 bridgehead atoms. The number of sulfone groups is 1. The van der Waals surface area contributed by atoms with Crippen LogP contribution < -0.4 is 20.3 Å². The van der Waals surface area contributed by atoms with Crippen molar-refractivity contribution < 1.29 is 16.8 Å². The Morgan fingerprint density at radius 2 is 1.70 bits per heavy atom. The van der Waals surface area contributed by atoms with Crippen molar-refractivity contribution in [3.8, 4) is 9.88 Å². The van der Waals surface area contributed by atoms with E-state index in [-0.39, 0.29) is 22.4 Å². The van der Waals surface area contributed by atoms with Crippen LogP contribution in [0.25, 0.3) is 9.88 Å². The fraction of sp³-hybridized carbons (Fsp3) is 0.407. The maximum atomic E-state index is 13.0. The van der Waals surface area contributed by atoms with Gasteiger partial charge in [-0.3, -0.25) is 0 Å². The molecular weight excluding hydrogens is 629 g/mol. The molecule has 0 aliphatic carbocycles. The molecule has 230 valence electrons. The van der Waals surface area contributed by atoms with Gasteiger partial charge in [0.1, 0.15) is 5.01 Å². The molecule has 43 heavy (non-hydrogen) atoms. The van der Waals surface area contributed by atoms with Crippen LogP contribution >= 0.6 is 22.7 Å². The number of rotatable bonds is 14. The smallest absolute Gasteiger partial charge is 0.240 e. The molecule has 0 radical (unpaired) electrons. The average molecular weight is 663 g/mol. The van der Waals surface area contributed by atoms with Crippen LogP contribution in [0.1, 0.15) is 38.3 Å². The fourth-order valence-corrected chi connectivity index (χ4v) is 7.90. The Kier molecular flexibility index (Phi) is 9.91. The molecule has 0 spiro atoms. The zero-order chi connectivity index (χ0) is 30.5. The number of hydrogen-bond acceptors (Lipinski definition) is 13. The molecular formula is C27H34N8O4S4. The van der Waals surface area contributed by atoms with E-state index in [4.69, 9.17) is 9.97 Å². The number of sulfonamides is 1. The molecule has 1 saturated heterocycles. The number of unbranched alkanes of at least 4 members (excludes halogenated alkanes) is 1. The second-order valence-corrected chi connectivity index (χ2v) is 15.7. The summed E-state index contributed by atoms with van der Waals surface area (Å²) in [6, 6.07) is 9.08. The van der Waals surface area contributed by atoms with Crippen LogP contribution in [0.15, 0.2) is 56.9 Å². The Bertz CT molecular complexity index is 1730. The van der Waals surface area contributed by atoms with Crippen LogP contribution in [0, 0.1) is 0 Å². The van der Waals surface area contributed by atoms with Crippen LogP contribution in [0.2, 0.25) is 0 Å². The van der Waals surface area contributed by atoms with Gasteiger partial charge < -0.3 is 15.5 Å². The van der Waals surface area contributed by atoms with Crippen molar-refractivity contribution in [3.05, 3.63) is 52.9 Å². The first-order valence-corrected chi connectivity index (χ1v) is 19.0. The Morgan fingerprint density at radius 3 is 2.40 bits per heavy atom. The molecule has 1 fully saturated rings. The number of aromatic nitrogens is 4. The van der Waals surface area contributed by atoms with E-state index >= 15 is 0 Å². The standard InChI is InChI=1S/C27H34N8O4S4/c1-3-4-13-28-25-32-26(29-16-19-18-41-24(31-19)23-8-6-15-40-23)34-27(33-25)35-14-5-7-20(35)17-30-43(38,39)22-11-9-21(10-12-22)42(2,36)37/h6,8-12,15,18,20,30H,3-5,7,13-14,16-17H2,1-2H3,(H2,28,29,32,33,34)/t20-/m1/s1. The number of hydrogen-bond donors (Lipinski definition) is 3. The molecule has 0 unspecified atom stereocenters. The second-order valence-electron chi connectivity index (χ2n) is 10.1. The maximum Gasteiger partial charge on any atom is 0.240 e. The minimum Gasteiger partial charge on any atom is -0.354 e. The Labute approximate surface area is 260 Å². The average Bonchev–Trinajstić information content (AvgIpc) is 3.77. The van der Waals surface area contributed by atoms with Gasteiger partial charge in [-0.05, 0) is 55.0 Å². The number of thiophene rings is 1. The summed E-state index contributed by atoms with van der Waals surface area (Å²) in [5.41, 5.74) is 0.883. The van der Waals surface area contributed by atoms with Gasteiger partial charge in [0.05, 0.1) is 26.9 Å². The van der Waals surface area contributed by atoms with E-state index in [2.05, 4.69) is 38.3 Å². The van der Waals surface area contributed by atoms with Crippen LogP contribution in [0.5, 0.6) is 0 Å². The van der Waals surface area contributed by atoms with Crippen molar-refractivity contribution in [1.29, 1.82) is 0 Å². The van der Waals surface area contributed by atoms with Gasteiger partial charge in [0.2, 0.25) is 27.9 Å². The molecule has 16 heteroatoms. The summed E-state index contributed by atoms with van der Waals surface area (Å²) >= 11 is 3.25. The lowest BCUT2D eigenvalue weighted by Crippen LogP contribution is -2.41. The minimum absolute atomic E-state index is 0.00257. The third kappa shape index (κ3) is 8.06. The van der Waals surface area contributed by atoms with E-state index in [0.717, 1.165) is 54.1 Å². The van der Waals surface area contributed by atoms with Crippen molar-refractivity contribution in [2.24, 2.45) is 0 Å². The van der Waals surface area contributed by atoms with Crippen molar-refractivity contribution in [2.75, 3.05) is 41.4 Å². The van der Waals surface area contributed by atoms with E-state index in [0.29, 0.717) is 30.9 Å². The minimum atomic E-state index is -3.86. The quantitative estimate of drug-likeness (QED) is 0.166. The van der Waals surface area contributed by atoms with E-state index < -0.39 is 19.9 Å². The molecule has 4 aromatic rings. The molecule has 1 atom stereocenters. The lowest BCUT2D eigenvalue weighted by Gasteiger charge is -2.25. The zero-order valence-electron chi connectivity index (χ0n) is 23.9. The van der Waals surface area contributed by atoms with Crippen molar-refractivity contribution >= 4 is 60.4 Å². The van der Waals surface area contributed by atoms with Crippen LogP contribution in [0.3, 0.4) is 0 Å². The third-order valence-corrected chi connectivity index (χ3v) is 11.4. The Balaban J connectivity index is 1.29. The van der Waals surface area contributed by atoms with Gasteiger partial charge in [0.25, 0.3) is 0 Å². The van der Waals surface area contributed by atoms with E-state index in [9.17, 15) is 16.8 Å². The first-order chi connectivity index (χ1) is 20.6. The first-order valence-electron chi connectivity index (χ1n) is 13.9. The van der Waals surface area contributed by atoms with E-state index in [1.807, 2.05) is 21.7 Å². The largest absolute Gasteiger partial charge is 0.354 e. The predicted octanol–water partition coefficient (Wildman–Crippen LogP) is 4.23. The number of nitrogens with zero attached hydrogens (tertiary/aromatic N) is 5. The van der Waals surface area contributed by atoms with Gasteiger partial charge in [-0.25, -0.2) is 26.5 Å². The molecule has 5 rings (SSSR count). The Hall–Kier alpha value is -3.18. The summed E-state index contributed by atoms with van der Waals surface area (Å²) in [4.78, 5) is 21.9. The fourth-order valence-electron chi connectivity index (χ4n) is 4.57. The van der Waals surface area contributed by atoms with Crippen LogP contribution in [-0.4, -0.2) is 68.7 Å². The summed E-state index contributed by atoms with van der Waals surface area (Å²) in [7, 11) is -7.28. The maximum absolute atomic E-state index is 13.0. The highest BCUT2D eigenvalue weighted by molar-refractivity contribution is 7.90. The van der Waals surface area contributed by atoms with Gasteiger partial charge in [-0.15, -0.1) is 22.7 Å². The molecule has 1 aliphatic heterocycles. The van der Waals surface area contributed by atoms with Crippen LogP contribution in [0.4, 0.5) is 17.8 Å². The van der Waals surface area contributed by atoms with Crippen molar-refractivity contribution in [3.63, 3.8) is 0 Å². The van der Waals surface area contributed by atoms with Crippen molar-refractivity contribution in [2.45, 2.75) is 55.0 Å². The number of benzene rings is 1. The summed E-state index contributed by atoms with van der Waals surface area (Å²) in [6.07, 6.45) is 4.68. The highest BCUT2D eigenvalue weighted by Gasteiger charge is 2.29. The van der Waals surface area contributed by atoms with Gasteiger partial charge in [0, 0.05) is 37.3 Å². The van der Waals surface area contributed by atoms with Crippen molar-refractivity contribution in [1.82, 2.24) is 24.7 Å². The summed E-state index contributed by atoms with van der Waals surface area (Å²) in [5, 5.41) is 11.6. The van der Waals surface area contributed by atoms with Crippen LogP contribution in [-0.2, 0) is 26.4 Å². The molecule has 4 heterocycles. The van der Waals surface area contributed by atoms with E-state index in [1.165, 1.54) is 24.3 Å². The summed E-state index contributed by atoms with van der Waals surface area (Å²) in [6.45, 7) is 4.09. The third-order valence-electron chi connectivity index (χ3n) is 6.85. The summed E-state index contributed by atoms with van der Waals surface area (Å²) < 4.78 is 52.2. The monoisotopic (exact) mass is 662 g/mol. The molecule has 3 aromatic heterocycles. The number of thiazole rings is 1. The van der Waals surface area contributed by atoms with Gasteiger partial charge in [0.15, 0.2) is 9.84 Å². The normalized spacial score (nSPS) is 15.6. The lowest BCUT2D eigenvalue weighted by atomic mass is 10.2. The second kappa shape index (κ2) is 13.6. The number of anilines is 3. The first kappa shape index (κ1) is 31.3. The molecule has 12 nitrogen and oxygen atoms in total. The highest BCUT2D eigenvalue weighted by atomic mass is 32.2. The molecule has 0 amide bonds. The molecule has 1 aromatic carbocycles. The lowest BCUT2D eigenvalue weighted by molar-refractivity contribution is 0.565. The molecule has 0 saturated carbocycles. The SMILES string of the molecule is CCCCNc1nc(NCc2csc(-c3cccs3)n2)nc(N2CCC[C@@H]2CNS(=O)(=O)c2ccc(S(C)(=O)=O)cc2)n1. The van der Waals surface area contributed by atoms with E-state index in [1.54, 1.807) is 22.7 Å². The van der Waals surface area contributed by atoms with Gasteiger partial charge in [-0.2, -0.15) is 15.0 Å². The Morgan fingerprint density at radius 1 is 0.953 bits per heavy atom. The topological polar surface area (TPSA) is 159 Å². The highest BCUT2D eigenvalue weighted by Crippen LogP contribution is 2.28. The predicted molar refractivity (Wildman–Crippen MR) is 171 cm³/mol. The van der Waals surface area contributed by atoms with Gasteiger partial charge in [-0.1, -0.05) is 19.4 Å². The summed E-state index contributed by atoms with van der Waals surface area (Å²) in [5.74, 6) is 1.33. The molecule has 1 aliphatic rings. The molecule has 3 N–H and O–H groups in total. The number of nitrogens with one attached hydrogen (secondary N) is 3. The van der Waals surface area contributed by atoms with Gasteiger partial charge >= 0.3 is 0 Å².